The fourth-order valence-electron chi connectivity index (χ4n) is 4.24. The van der Waals surface area contributed by atoms with Crippen LogP contribution < -0.4 is 23.8 Å². The van der Waals surface area contributed by atoms with Crippen LogP contribution in [0, 0.1) is 5.82 Å². The second-order valence-corrected chi connectivity index (χ2v) is 7.75. The van der Waals surface area contributed by atoms with Crippen LogP contribution >= 0.6 is 0 Å². The standard InChI is InChI=1S/C23H27FN2O5/c1-25-7-9-26(10-8-25)16-11-14(24)5-6-15(16)18-12-17(27)21-19(31-18)13-20(28-2)22(29-3)23(21)30-4/h5-6,11,13,18H,7-10,12H2,1-4H3. The highest BCUT2D eigenvalue weighted by Crippen LogP contribution is 2.49. The maximum atomic E-state index is 14.2. The van der Waals surface area contributed by atoms with Gasteiger partial charge in [0, 0.05) is 43.5 Å². The van der Waals surface area contributed by atoms with Crippen LogP contribution in [0.5, 0.6) is 23.0 Å². The van der Waals surface area contributed by atoms with Crippen molar-refractivity contribution in [2.24, 2.45) is 0 Å². The Labute approximate surface area is 181 Å². The van der Waals surface area contributed by atoms with Gasteiger partial charge in [-0.05, 0) is 19.2 Å². The predicted molar refractivity (Wildman–Crippen MR) is 115 cm³/mol. The molecule has 4 rings (SSSR count). The Morgan fingerprint density at radius 3 is 2.35 bits per heavy atom. The lowest BCUT2D eigenvalue weighted by Crippen LogP contribution is -2.45. The van der Waals surface area contributed by atoms with Crippen molar-refractivity contribution in [3.63, 3.8) is 0 Å². The number of piperazine rings is 1. The summed E-state index contributed by atoms with van der Waals surface area (Å²) in [4.78, 5) is 17.5. The number of Topliss-reactive ketones (excluding diaryl/α,β-unsaturated/α-hetero) is 1. The van der Waals surface area contributed by atoms with Crippen molar-refractivity contribution in [1.82, 2.24) is 4.90 Å². The minimum atomic E-state index is -0.543. The first-order valence-electron chi connectivity index (χ1n) is 10.2. The number of anilines is 1. The minimum Gasteiger partial charge on any atom is -0.493 e. The van der Waals surface area contributed by atoms with Crippen molar-refractivity contribution in [2.45, 2.75) is 12.5 Å². The topological polar surface area (TPSA) is 60.5 Å². The van der Waals surface area contributed by atoms with Crippen LogP contribution in [0.25, 0.3) is 0 Å². The van der Waals surface area contributed by atoms with Gasteiger partial charge in [0.05, 0.1) is 27.8 Å². The highest BCUT2D eigenvalue weighted by Gasteiger charge is 2.35. The maximum Gasteiger partial charge on any atom is 0.204 e. The molecule has 31 heavy (non-hydrogen) atoms. The van der Waals surface area contributed by atoms with E-state index in [0.29, 0.717) is 28.6 Å². The SMILES string of the molecule is COc1cc2c(c(OC)c1OC)C(=O)CC(c1ccc(F)cc1N1CCN(C)CC1)O2. The van der Waals surface area contributed by atoms with Gasteiger partial charge in [-0.25, -0.2) is 4.39 Å². The average molecular weight is 430 g/mol. The lowest BCUT2D eigenvalue weighted by atomic mass is 9.93. The van der Waals surface area contributed by atoms with E-state index >= 15 is 0 Å². The summed E-state index contributed by atoms with van der Waals surface area (Å²) in [6, 6.07) is 6.29. The van der Waals surface area contributed by atoms with E-state index in [1.165, 1.54) is 33.5 Å². The number of hydrogen-bond donors (Lipinski definition) is 0. The smallest absolute Gasteiger partial charge is 0.204 e. The van der Waals surface area contributed by atoms with Gasteiger partial charge in [0.25, 0.3) is 0 Å². The zero-order valence-corrected chi connectivity index (χ0v) is 18.2. The van der Waals surface area contributed by atoms with Crippen molar-refractivity contribution in [2.75, 3.05) is 59.5 Å². The van der Waals surface area contributed by atoms with Crippen LogP contribution in [-0.4, -0.2) is 65.2 Å². The Balaban J connectivity index is 1.74. The molecule has 0 radical (unpaired) electrons. The summed E-state index contributed by atoms with van der Waals surface area (Å²) in [5.74, 6) is 0.970. The molecular formula is C23H27FN2O5. The Bertz CT molecular complexity index is 988. The highest BCUT2D eigenvalue weighted by atomic mass is 19.1. The number of benzene rings is 2. The summed E-state index contributed by atoms with van der Waals surface area (Å²) in [6.45, 7) is 3.33. The van der Waals surface area contributed by atoms with Gasteiger partial charge < -0.3 is 28.7 Å². The first-order chi connectivity index (χ1) is 15.0. The number of likely N-dealkylation sites (N-methyl/N-ethyl adjacent to an activating group) is 1. The molecular weight excluding hydrogens is 403 g/mol. The van der Waals surface area contributed by atoms with E-state index in [0.717, 1.165) is 37.4 Å². The van der Waals surface area contributed by atoms with E-state index in [-0.39, 0.29) is 18.0 Å². The number of methoxy groups -OCH3 is 3. The fraction of sp³-hybridized carbons (Fsp3) is 0.435. The number of ketones is 1. The second kappa shape index (κ2) is 8.63. The van der Waals surface area contributed by atoms with Gasteiger partial charge in [0.2, 0.25) is 5.75 Å². The predicted octanol–water partition coefficient (Wildman–Crippen LogP) is 3.31. The summed E-state index contributed by atoms with van der Waals surface area (Å²) in [6.07, 6.45) is -0.427. The van der Waals surface area contributed by atoms with Crippen molar-refractivity contribution in [1.29, 1.82) is 0 Å². The molecule has 2 heterocycles. The van der Waals surface area contributed by atoms with Gasteiger partial charge >= 0.3 is 0 Å². The zero-order valence-electron chi connectivity index (χ0n) is 18.2. The number of nitrogens with zero attached hydrogens (tertiary/aromatic N) is 2. The average Bonchev–Trinajstić information content (AvgIpc) is 2.77. The Hall–Kier alpha value is -3.00. The van der Waals surface area contributed by atoms with Gasteiger partial charge in [0.1, 0.15) is 23.2 Å². The maximum absolute atomic E-state index is 14.2. The molecule has 2 aliphatic heterocycles. The molecule has 1 saturated heterocycles. The van der Waals surface area contributed by atoms with E-state index < -0.39 is 6.10 Å². The summed E-state index contributed by atoms with van der Waals surface area (Å²) in [5.41, 5.74) is 1.89. The molecule has 2 aromatic rings. The quantitative estimate of drug-likeness (QED) is 0.721. The molecule has 7 nitrogen and oxygen atoms in total. The summed E-state index contributed by atoms with van der Waals surface area (Å²) in [5, 5.41) is 0. The number of halogens is 1. The van der Waals surface area contributed by atoms with Crippen LogP contribution in [0.2, 0.25) is 0 Å². The number of fused-ring (bicyclic) bond motifs is 1. The van der Waals surface area contributed by atoms with Crippen LogP contribution in [0.3, 0.4) is 0 Å². The van der Waals surface area contributed by atoms with E-state index in [2.05, 4.69) is 16.8 Å². The monoisotopic (exact) mass is 430 g/mol. The van der Waals surface area contributed by atoms with Crippen molar-refractivity contribution in [3.05, 3.63) is 41.2 Å². The Morgan fingerprint density at radius 2 is 1.71 bits per heavy atom. The Morgan fingerprint density at radius 1 is 1.00 bits per heavy atom. The molecule has 2 aromatic carbocycles. The molecule has 166 valence electrons. The van der Waals surface area contributed by atoms with E-state index in [1.54, 1.807) is 12.1 Å². The summed E-state index contributed by atoms with van der Waals surface area (Å²) < 4.78 is 36.7. The zero-order chi connectivity index (χ0) is 22.1. The van der Waals surface area contributed by atoms with Crippen molar-refractivity contribution < 1.29 is 28.1 Å². The molecule has 8 heteroatoms. The third-order valence-corrected chi connectivity index (χ3v) is 5.90. The number of rotatable bonds is 5. The first-order valence-corrected chi connectivity index (χ1v) is 10.2. The summed E-state index contributed by atoms with van der Waals surface area (Å²) >= 11 is 0. The van der Waals surface area contributed by atoms with Gasteiger partial charge in [-0.15, -0.1) is 0 Å². The van der Waals surface area contributed by atoms with Gasteiger partial charge in [0.15, 0.2) is 17.3 Å². The van der Waals surface area contributed by atoms with E-state index in [9.17, 15) is 9.18 Å². The number of ether oxygens (including phenoxy) is 4. The van der Waals surface area contributed by atoms with Crippen LogP contribution in [0.15, 0.2) is 24.3 Å². The van der Waals surface area contributed by atoms with E-state index in [4.69, 9.17) is 18.9 Å². The third-order valence-electron chi connectivity index (χ3n) is 5.90. The third kappa shape index (κ3) is 3.87. The summed E-state index contributed by atoms with van der Waals surface area (Å²) in [7, 11) is 6.54. The molecule has 1 unspecified atom stereocenters. The molecule has 1 atom stereocenters. The normalized spacial score (nSPS) is 18.9. The lowest BCUT2D eigenvalue weighted by Gasteiger charge is -2.37. The fourth-order valence-corrected chi connectivity index (χ4v) is 4.24. The van der Waals surface area contributed by atoms with E-state index in [1.807, 2.05) is 0 Å². The molecule has 0 aliphatic carbocycles. The first kappa shape index (κ1) is 21.2. The molecule has 0 bridgehead atoms. The van der Waals surface area contributed by atoms with Gasteiger partial charge in [-0.2, -0.15) is 0 Å². The van der Waals surface area contributed by atoms with Crippen LogP contribution in [-0.2, 0) is 0 Å². The number of carbonyl (C=O) groups is 1. The number of hydrogen-bond acceptors (Lipinski definition) is 7. The minimum absolute atomic E-state index is 0.116. The number of carbonyl (C=O) groups excluding carboxylic acids is 1. The van der Waals surface area contributed by atoms with Crippen LogP contribution in [0.4, 0.5) is 10.1 Å². The molecule has 1 fully saturated rings. The van der Waals surface area contributed by atoms with Crippen molar-refractivity contribution in [3.8, 4) is 23.0 Å². The van der Waals surface area contributed by atoms with Gasteiger partial charge in [-0.1, -0.05) is 6.07 Å². The Kier molecular flexibility index (Phi) is 5.91. The molecule has 0 amide bonds. The molecule has 0 N–H and O–H groups in total. The van der Waals surface area contributed by atoms with Gasteiger partial charge in [-0.3, -0.25) is 4.79 Å². The molecule has 0 spiro atoms. The van der Waals surface area contributed by atoms with Crippen molar-refractivity contribution >= 4 is 11.5 Å². The highest BCUT2D eigenvalue weighted by molar-refractivity contribution is 6.04. The molecule has 0 saturated carbocycles. The second-order valence-electron chi connectivity index (χ2n) is 7.75. The molecule has 0 aromatic heterocycles. The van der Waals surface area contributed by atoms with Crippen LogP contribution in [0.1, 0.15) is 28.4 Å². The molecule has 2 aliphatic rings. The lowest BCUT2D eigenvalue weighted by molar-refractivity contribution is 0.0843. The largest absolute Gasteiger partial charge is 0.493 e.